The molecule has 0 aliphatic rings. The number of aromatic nitrogens is 2. The third-order valence-electron chi connectivity index (χ3n) is 3.20. The van der Waals surface area contributed by atoms with Crippen molar-refractivity contribution in [2.24, 2.45) is 0 Å². The molecular weight excluding hydrogens is 286 g/mol. The van der Waals surface area contributed by atoms with Gasteiger partial charge in [0, 0.05) is 11.5 Å². The smallest absolute Gasteiger partial charge is 0.0857 e. The summed E-state index contributed by atoms with van der Waals surface area (Å²) in [4.78, 5) is 1.29. The normalized spacial score (nSPS) is 13.6. The molecule has 0 saturated heterocycles. The zero-order valence-corrected chi connectivity index (χ0v) is 14.3. The summed E-state index contributed by atoms with van der Waals surface area (Å²) >= 11 is 3.29. The van der Waals surface area contributed by atoms with Gasteiger partial charge < -0.3 is 5.32 Å². The SMILES string of the molecule is CCCNC(Cc1ccsc1)c1snnc1C(C)(C)C. The van der Waals surface area contributed by atoms with Gasteiger partial charge in [-0.05, 0) is 53.3 Å². The van der Waals surface area contributed by atoms with Crippen LogP contribution >= 0.6 is 22.9 Å². The molecule has 3 nitrogen and oxygen atoms in total. The van der Waals surface area contributed by atoms with Crippen LogP contribution in [0.4, 0.5) is 0 Å². The maximum absolute atomic E-state index is 4.38. The Kier molecular flexibility index (Phi) is 5.29. The Balaban J connectivity index is 2.24. The minimum absolute atomic E-state index is 0.0448. The fourth-order valence-electron chi connectivity index (χ4n) is 2.17. The quantitative estimate of drug-likeness (QED) is 0.870. The van der Waals surface area contributed by atoms with E-state index in [2.05, 4.69) is 59.4 Å². The van der Waals surface area contributed by atoms with Crippen molar-refractivity contribution in [3.05, 3.63) is 33.0 Å². The van der Waals surface area contributed by atoms with Gasteiger partial charge in [-0.3, -0.25) is 0 Å². The molecule has 0 spiro atoms. The average Bonchev–Trinajstić information content (AvgIpc) is 3.03. The van der Waals surface area contributed by atoms with Crippen LogP contribution in [0.1, 0.15) is 56.3 Å². The molecule has 2 aromatic heterocycles. The molecule has 110 valence electrons. The van der Waals surface area contributed by atoms with Crippen LogP contribution in [0.3, 0.4) is 0 Å². The summed E-state index contributed by atoms with van der Waals surface area (Å²) in [6, 6.07) is 2.52. The number of hydrogen-bond donors (Lipinski definition) is 1. The number of rotatable bonds is 6. The van der Waals surface area contributed by atoms with Crippen molar-refractivity contribution < 1.29 is 0 Å². The Morgan fingerprint density at radius 3 is 2.75 bits per heavy atom. The van der Waals surface area contributed by atoms with E-state index in [0.29, 0.717) is 6.04 Å². The Bertz CT molecular complexity index is 511. The summed E-state index contributed by atoms with van der Waals surface area (Å²) in [5.74, 6) is 0. The number of nitrogens with one attached hydrogen (secondary N) is 1. The van der Waals surface area contributed by atoms with Gasteiger partial charge in [0.1, 0.15) is 0 Å². The first-order valence-electron chi connectivity index (χ1n) is 7.09. The summed E-state index contributed by atoms with van der Waals surface area (Å²) in [6.07, 6.45) is 2.15. The first-order chi connectivity index (χ1) is 9.52. The molecule has 1 unspecified atom stereocenters. The first-order valence-corrected chi connectivity index (χ1v) is 8.81. The number of thiophene rings is 1. The summed E-state index contributed by atoms with van der Waals surface area (Å²) in [7, 11) is 0. The minimum atomic E-state index is 0.0448. The molecule has 0 aromatic carbocycles. The Labute approximate surface area is 129 Å². The van der Waals surface area contributed by atoms with Gasteiger partial charge in [-0.1, -0.05) is 32.2 Å². The van der Waals surface area contributed by atoms with Crippen molar-refractivity contribution >= 4 is 22.9 Å². The van der Waals surface area contributed by atoms with Gasteiger partial charge in [-0.2, -0.15) is 11.3 Å². The zero-order chi connectivity index (χ0) is 14.6. The maximum Gasteiger partial charge on any atom is 0.0857 e. The predicted octanol–water partition coefficient (Wildman–Crippen LogP) is 4.18. The van der Waals surface area contributed by atoms with Gasteiger partial charge in [0.25, 0.3) is 0 Å². The van der Waals surface area contributed by atoms with Crippen LogP contribution in [0.15, 0.2) is 16.8 Å². The summed E-state index contributed by atoms with van der Waals surface area (Å²) < 4.78 is 4.20. The highest BCUT2D eigenvalue weighted by molar-refractivity contribution is 7.08. The molecular formula is C15H23N3S2. The van der Waals surface area contributed by atoms with E-state index >= 15 is 0 Å². The lowest BCUT2D eigenvalue weighted by molar-refractivity contribution is 0.504. The van der Waals surface area contributed by atoms with Gasteiger partial charge in [0.05, 0.1) is 10.6 Å². The molecule has 0 aliphatic carbocycles. The summed E-state index contributed by atoms with van der Waals surface area (Å²) in [6.45, 7) is 9.83. The second-order valence-corrected chi connectivity index (χ2v) is 7.64. The van der Waals surface area contributed by atoms with Crippen molar-refractivity contribution in [1.82, 2.24) is 14.9 Å². The standard InChI is InChI=1S/C15H23N3S2/c1-5-7-16-12(9-11-6-8-19-10-11)13-14(15(2,3)4)17-18-20-13/h6,8,10,12,16H,5,7,9H2,1-4H3. The van der Waals surface area contributed by atoms with E-state index in [0.717, 1.165) is 25.1 Å². The topological polar surface area (TPSA) is 37.8 Å². The summed E-state index contributed by atoms with van der Waals surface area (Å²) in [5.41, 5.74) is 2.56. The van der Waals surface area contributed by atoms with Crippen LogP contribution in [0.5, 0.6) is 0 Å². The molecule has 20 heavy (non-hydrogen) atoms. The molecule has 0 fully saturated rings. The zero-order valence-electron chi connectivity index (χ0n) is 12.6. The second kappa shape index (κ2) is 6.78. The second-order valence-electron chi connectivity index (χ2n) is 6.08. The van der Waals surface area contributed by atoms with Crippen LogP contribution in [-0.2, 0) is 11.8 Å². The van der Waals surface area contributed by atoms with Crippen molar-refractivity contribution in [3.63, 3.8) is 0 Å². The molecule has 2 rings (SSSR count). The molecule has 1 atom stereocenters. The van der Waals surface area contributed by atoms with E-state index in [1.165, 1.54) is 22.0 Å². The first kappa shape index (κ1) is 15.6. The van der Waals surface area contributed by atoms with E-state index in [-0.39, 0.29) is 5.41 Å². The van der Waals surface area contributed by atoms with E-state index in [9.17, 15) is 0 Å². The van der Waals surface area contributed by atoms with Crippen LogP contribution in [0, 0.1) is 0 Å². The Morgan fingerprint density at radius 2 is 2.15 bits per heavy atom. The lowest BCUT2D eigenvalue weighted by Crippen LogP contribution is -2.26. The fraction of sp³-hybridized carbons (Fsp3) is 0.600. The van der Waals surface area contributed by atoms with Gasteiger partial charge in [-0.25, -0.2) is 0 Å². The highest BCUT2D eigenvalue weighted by Gasteiger charge is 2.27. The van der Waals surface area contributed by atoms with Gasteiger partial charge in [-0.15, -0.1) is 5.10 Å². The lowest BCUT2D eigenvalue weighted by Gasteiger charge is -2.22. The summed E-state index contributed by atoms with van der Waals surface area (Å²) in [5, 5.41) is 12.4. The number of nitrogens with zero attached hydrogens (tertiary/aromatic N) is 2. The van der Waals surface area contributed by atoms with E-state index < -0.39 is 0 Å². The maximum atomic E-state index is 4.38. The molecule has 1 N–H and O–H groups in total. The van der Waals surface area contributed by atoms with Crippen LogP contribution < -0.4 is 5.32 Å². The van der Waals surface area contributed by atoms with Gasteiger partial charge in [0.2, 0.25) is 0 Å². The molecule has 0 saturated carbocycles. The fourth-order valence-corrected chi connectivity index (χ4v) is 3.79. The van der Waals surface area contributed by atoms with Crippen molar-refractivity contribution in [1.29, 1.82) is 0 Å². The van der Waals surface area contributed by atoms with Crippen LogP contribution in [0.2, 0.25) is 0 Å². The van der Waals surface area contributed by atoms with E-state index in [4.69, 9.17) is 0 Å². The Morgan fingerprint density at radius 1 is 1.35 bits per heavy atom. The molecule has 5 heteroatoms. The molecule has 0 bridgehead atoms. The highest BCUT2D eigenvalue weighted by Crippen LogP contribution is 2.32. The van der Waals surface area contributed by atoms with Gasteiger partial charge in [0.15, 0.2) is 0 Å². The number of hydrogen-bond acceptors (Lipinski definition) is 5. The molecule has 2 aromatic rings. The Hall–Kier alpha value is -0.780. The van der Waals surface area contributed by atoms with Gasteiger partial charge >= 0.3 is 0 Å². The van der Waals surface area contributed by atoms with Crippen LogP contribution in [-0.4, -0.2) is 16.1 Å². The van der Waals surface area contributed by atoms with E-state index in [1.807, 2.05) is 0 Å². The van der Waals surface area contributed by atoms with E-state index in [1.54, 1.807) is 11.3 Å². The molecule has 2 heterocycles. The lowest BCUT2D eigenvalue weighted by atomic mass is 9.89. The molecule has 0 amide bonds. The monoisotopic (exact) mass is 309 g/mol. The largest absolute Gasteiger partial charge is 0.309 e. The van der Waals surface area contributed by atoms with Crippen molar-refractivity contribution in [2.45, 2.75) is 52.0 Å². The third-order valence-corrected chi connectivity index (χ3v) is 4.77. The van der Waals surface area contributed by atoms with Crippen LogP contribution in [0.25, 0.3) is 0 Å². The third kappa shape index (κ3) is 3.87. The molecule has 0 radical (unpaired) electrons. The average molecular weight is 310 g/mol. The predicted molar refractivity (Wildman–Crippen MR) is 87.7 cm³/mol. The minimum Gasteiger partial charge on any atom is -0.309 e. The highest BCUT2D eigenvalue weighted by atomic mass is 32.1. The van der Waals surface area contributed by atoms with Crippen molar-refractivity contribution in [2.75, 3.05) is 6.54 Å². The van der Waals surface area contributed by atoms with Crippen molar-refractivity contribution in [3.8, 4) is 0 Å². The molecule has 0 aliphatic heterocycles.